The van der Waals surface area contributed by atoms with Gasteiger partial charge in [0.05, 0.1) is 98.2 Å². The summed E-state index contributed by atoms with van der Waals surface area (Å²) in [5.41, 5.74) is -6.15. The van der Waals surface area contributed by atoms with E-state index in [9.17, 15) is 91.2 Å². The summed E-state index contributed by atoms with van der Waals surface area (Å²) in [6.07, 6.45) is -1.79. The molecule has 0 heterocycles. The summed E-state index contributed by atoms with van der Waals surface area (Å²) in [5, 5.41) is 164. The normalized spacial score (nSPS) is 12.2. The molecule has 424 valence electrons. The summed E-state index contributed by atoms with van der Waals surface area (Å²) < 4.78 is 0. The summed E-state index contributed by atoms with van der Waals surface area (Å²) in [5.74, 6) is -1.93. The molecular formula is C52H33N15O18. The van der Waals surface area contributed by atoms with Crippen molar-refractivity contribution in [3.05, 3.63) is 243 Å². The first-order valence-electron chi connectivity index (χ1n) is 24.1. The molecule has 0 aromatic heterocycles. The average molecular weight is 1160 g/mol. The van der Waals surface area contributed by atoms with E-state index in [4.69, 9.17) is 0 Å². The molecule has 33 nitrogen and oxygen atoms in total. The lowest BCUT2D eigenvalue weighted by Gasteiger charge is -2.18. The van der Waals surface area contributed by atoms with E-state index >= 15 is 0 Å². The van der Waals surface area contributed by atoms with Crippen LogP contribution in [0.5, 0.6) is 23.0 Å². The molecule has 0 radical (unpaired) electrons. The standard InChI is InChI=1S/C52H33N15O18/c68-49-26-4-28-10-36(55-58-39-17-43(62(74)75)23-44(18-39)63(76)77)12-30(50(28)69)6-32-14-38(57-60-41-21-47(66(82)83)25-48(22-41)67(84)85)15-33(52(32)71)7-31-13-37(56-59-40-19-45(64(78)79)24-46(20-40)65(80)81)11-29(51(31)70)5-27(49)9-35(8-26)54-53-34-2-1-3-42(16-34)61(72)73/h1-3,8-25,68-71H,4-7H2. The van der Waals surface area contributed by atoms with Gasteiger partial charge in [-0.3, -0.25) is 70.8 Å². The van der Waals surface area contributed by atoms with Gasteiger partial charge in [0.2, 0.25) is 0 Å². The van der Waals surface area contributed by atoms with E-state index in [1.165, 1.54) is 66.7 Å². The fourth-order valence-corrected chi connectivity index (χ4v) is 8.77. The van der Waals surface area contributed by atoms with Crippen LogP contribution in [-0.2, 0) is 25.7 Å². The van der Waals surface area contributed by atoms with Crippen LogP contribution in [0, 0.1) is 70.8 Å². The van der Waals surface area contributed by atoms with Crippen molar-refractivity contribution in [3.8, 4) is 23.0 Å². The molecule has 0 amide bonds. The topological polar surface area (TPSA) is 482 Å². The van der Waals surface area contributed by atoms with Crippen LogP contribution in [0.2, 0.25) is 0 Å². The Kier molecular flexibility index (Phi) is 15.7. The Balaban J connectivity index is 1.27. The first kappa shape index (κ1) is 56.9. The van der Waals surface area contributed by atoms with Crippen LogP contribution in [0.3, 0.4) is 0 Å². The quantitative estimate of drug-likeness (QED) is 0.0421. The van der Waals surface area contributed by atoms with Gasteiger partial charge in [-0.05, 0) is 54.6 Å². The summed E-state index contributed by atoms with van der Waals surface area (Å²) in [6.45, 7) is 0. The molecule has 1 aliphatic rings. The fraction of sp³-hybridized carbons (Fsp3) is 0.0769. The maximum Gasteiger partial charge on any atom is 0.278 e. The molecule has 0 saturated heterocycles. The van der Waals surface area contributed by atoms with E-state index in [1.54, 1.807) is 0 Å². The van der Waals surface area contributed by atoms with Crippen molar-refractivity contribution < 1.29 is 54.9 Å². The van der Waals surface area contributed by atoms with Crippen LogP contribution in [0.4, 0.5) is 85.3 Å². The maximum atomic E-state index is 12.2. The zero-order chi connectivity index (χ0) is 61.0. The number of rotatable bonds is 15. The molecule has 0 saturated carbocycles. The van der Waals surface area contributed by atoms with E-state index in [0.717, 1.165) is 42.5 Å². The van der Waals surface area contributed by atoms with Crippen molar-refractivity contribution in [2.45, 2.75) is 25.7 Å². The van der Waals surface area contributed by atoms with Crippen LogP contribution in [0.15, 0.2) is 168 Å². The Hall–Kier alpha value is -12.8. The Morgan fingerprint density at radius 2 is 0.424 bits per heavy atom. The minimum Gasteiger partial charge on any atom is -0.507 e. The molecule has 33 heteroatoms. The number of hydrogen-bond acceptors (Lipinski definition) is 26. The summed E-state index contributed by atoms with van der Waals surface area (Å²) in [6, 6.07) is 23.0. The Bertz CT molecular complexity index is 4050. The number of fused-ring (bicyclic) bond motifs is 8. The molecule has 8 bridgehead atoms. The van der Waals surface area contributed by atoms with Gasteiger partial charge in [0.1, 0.15) is 23.0 Å². The highest BCUT2D eigenvalue weighted by Gasteiger charge is 2.25. The number of phenols is 4. The number of nitro benzene ring substituents is 7. The second kappa shape index (κ2) is 23.5. The highest BCUT2D eigenvalue weighted by molar-refractivity contribution is 5.65. The second-order valence-electron chi connectivity index (χ2n) is 18.4. The molecule has 0 atom stereocenters. The van der Waals surface area contributed by atoms with Crippen LogP contribution in [0.25, 0.3) is 0 Å². The molecule has 0 aliphatic heterocycles. The minimum absolute atomic E-state index is 0.000941. The van der Waals surface area contributed by atoms with Crippen molar-refractivity contribution in [1.82, 2.24) is 0 Å². The van der Waals surface area contributed by atoms with Crippen LogP contribution in [0.1, 0.15) is 44.5 Å². The van der Waals surface area contributed by atoms with Crippen LogP contribution in [-0.4, -0.2) is 54.9 Å². The summed E-state index contributed by atoms with van der Waals surface area (Å²) in [7, 11) is 0. The number of nitrogens with zero attached hydrogens (tertiary/aromatic N) is 15. The minimum atomic E-state index is -0.892. The molecule has 85 heavy (non-hydrogen) atoms. The monoisotopic (exact) mass is 1160 g/mol. The van der Waals surface area contributed by atoms with E-state index < -0.39 is 117 Å². The highest BCUT2D eigenvalue weighted by atomic mass is 16.7. The van der Waals surface area contributed by atoms with Gasteiger partial charge >= 0.3 is 0 Å². The number of aromatic hydroxyl groups is 4. The lowest BCUT2D eigenvalue weighted by molar-refractivity contribution is -0.394. The molecular weight excluding hydrogens is 1120 g/mol. The third-order valence-electron chi connectivity index (χ3n) is 12.6. The van der Waals surface area contributed by atoms with Crippen molar-refractivity contribution in [2.75, 3.05) is 0 Å². The van der Waals surface area contributed by atoms with Gasteiger partial charge in [-0.1, -0.05) is 6.07 Å². The zero-order valence-corrected chi connectivity index (χ0v) is 42.7. The molecule has 9 rings (SSSR count). The zero-order valence-electron chi connectivity index (χ0n) is 42.7. The highest BCUT2D eigenvalue weighted by Crippen LogP contribution is 2.44. The molecule has 4 N–H and O–H groups in total. The van der Waals surface area contributed by atoms with Crippen molar-refractivity contribution in [3.63, 3.8) is 0 Å². The first-order chi connectivity index (χ1) is 40.4. The van der Waals surface area contributed by atoms with E-state index in [2.05, 4.69) is 40.9 Å². The SMILES string of the molecule is O=[N+]([O-])c1cccc(N=Nc2cc3c(O)c(c2)Cc2cc(N=Nc4cc([N+](=O)[O-])cc([N+](=O)[O-])c4)cc(c2O)Cc2cc(N=Nc4cc([N+](=O)[O-])cc([N+](=O)[O-])c4)cc(c2O)Cc2cc(N=Nc4cc([N+](=O)[O-])cc([N+](=O)[O-])c4)cc(c2O)C3)c1. The third kappa shape index (κ3) is 13.1. The lowest BCUT2D eigenvalue weighted by atomic mass is 9.90. The second-order valence-corrected chi connectivity index (χ2v) is 18.4. The maximum absolute atomic E-state index is 12.2. The Morgan fingerprint density at radius 3 is 0.624 bits per heavy atom. The lowest BCUT2D eigenvalue weighted by Crippen LogP contribution is -2.01. The number of benzene rings is 8. The molecule has 1 aliphatic carbocycles. The predicted octanol–water partition coefficient (Wildman–Crippen LogP) is 14.2. The largest absolute Gasteiger partial charge is 0.507 e. The van der Waals surface area contributed by atoms with E-state index in [0.29, 0.717) is 18.2 Å². The van der Waals surface area contributed by atoms with Crippen LogP contribution >= 0.6 is 0 Å². The summed E-state index contributed by atoms with van der Waals surface area (Å²) >= 11 is 0. The van der Waals surface area contributed by atoms with Crippen molar-refractivity contribution in [1.29, 1.82) is 0 Å². The number of hydrogen-bond donors (Lipinski definition) is 4. The van der Waals surface area contributed by atoms with Gasteiger partial charge in [-0.2, -0.15) is 40.9 Å². The molecule has 8 aromatic carbocycles. The number of phenolic OH excluding ortho intramolecular Hbond substituents is 4. The summed E-state index contributed by atoms with van der Waals surface area (Å²) in [4.78, 5) is 76.0. The van der Waals surface area contributed by atoms with E-state index in [-0.39, 0.29) is 95.7 Å². The van der Waals surface area contributed by atoms with Gasteiger partial charge < -0.3 is 20.4 Å². The molecule has 0 unspecified atom stereocenters. The predicted molar refractivity (Wildman–Crippen MR) is 293 cm³/mol. The van der Waals surface area contributed by atoms with E-state index in [1.807, 2.05) is 0 Å². The third-order valence-corrected chi connectivity index (χ3v) is 12.6. The number of azo groups is 4. The molecule has 8 aromatic rings. The number of nitro groups is 7. The smallest absolute Gasteiger partial charge is 0.278 e. The first-order valence-corrected chi connectivity index (χ1v) is 24.1. The van der Waals surface area contributed by atoms with Gasteiger partial charge in [-0.25, -0.2) is 0 Å². The van der Waals surface area contributed by atoms with Gasteiger partial charge in [-0.15, -0.1) is 0 Å². The Morgan fingerprint density at radius 1 is 0.247 bits per heavy atom. The van der Waals surface area contributed by atoms with Gasteiger partial charge in [0.25, 0.3) is 39.8 Å². The van der Waals surface area contributed by atoms with Gasteiger partial charge in [0.15, 0.2) is 0 Å². The van der Waals surface area contributed by atoms with Crippen molar-refractivity contribution in [2.24, 2.45) is 40.9 Å². The average Bonchev–Trinajstić information content (AvgIpc) is 2.99. The molecule has 0 spiro atoms. The van der Waals surface area contributed by atoms with Crippen molar-refractivity contribution >= 4 is 85.3 Å². The number of non-ortho nitro benzene ring substituents is 7. The molecule has 0 fully saturated rings. The Labute approximate surface area is 471 Å². The fourth-order valence-electron chi connectivity index (χ4n) is 8.77. The van der Waals surface area contributed by atoms with Gasteiger partial charge in [0, 0.05) is 119 Å². The van der Waals surface area contributed by atoms with Crippen LogP contribution < -0.4 is 0 Å².